The van der Waals surface area contributed by atoms with Gasteiger partial charge in [-0.25, -0.2) is 9.37 Å². The molecule has 1 aliphatic rings. The van der Waals surface area contributed by atoms with Crippen LogP contribution >= 0.6 is 11.9 Å². The molecule has 0 unspecified atom stereocenters. The molecule has 1 aromatic heterocycles. The Morgan fingerprint density at radius 3 is 2.95 bits per heavy atom. The lowest BCUT2D eigenvalue weighted by Gasteiger charge is -2.09. The Labute approximate surface area is 124 Å². The highest BCUT2D eigenvalue weighted by atomic mass is 32.2. The zero-order valence-electron chi connectivity index (χ0n) is 11.1. The van der Waals surface area contributed by atoms with E-state index in [-0.39, 0.29) is 10.8 Å². The fourth-order valence-corrected chi connectivity index (χ4v) is 2.73. The van der Waals surface area contributed by atoms with Gasteiger partial charge in [0.05, 0.1) is 11.3 Å². The molecule has 0 radical (unpaired) electrons. The topological polar surface area (TPSA) is 69.4 Å². The van der Waals surface area contributed by atoms with Crippen LogP contribution in [0.5, 0.6) is 0 Å². The Balaban J connectivity index is 2.02. The smallest absolute Gasteiger partial charge is 0.232 e. The predicted molar refractivity (Wildman–Crippen MR) is 77.7 cm³/mol. The average molecular weight is 302 g/mol. The van der Waals surface area contributed by atoms with Crippen LogP contribution in [0, 0.1) is 11.3 Å². The molecule has 1 amide bonds. The molecule has 2 aromatic rings. The highest BCUT2D eigenvalue weighted by Gasteiger charge is 2.25. The van der Waals surface area contributed by atoms with Crippen LogP contribution in [-0.2, 0) is 11.2 Å². The summed E-state index contributed by atoms with van der Waals surface area (Å²) in [4.78, 5) is 17.8. The van der Waals surface area contributed by atoms with Crippen LogP contribution in [-0.4, -0.2) is 17.9 Å². The lowest BCUT2D eigenvalue weighted by molar-refractivity contribution is -0.117. The van der Waals surface area contributed by atoms with Gasteiger partial charge in [0.2, 0.25) is 5.91 Å². The van der Waals surface area contributed by atoms with Crippen molar-refractivity contribution in [1.29, 1.82) is 5.53 Å². The number of rotatable bonds is 3. The Hall–Kier alpha value is -2.28. The van der Waals surface area contributed by atoms with Crippen LogP contribution in [0.1, 0.15) is 5.56 Å². The van der Waals surface area contributed by atoms with E-state index in [2.05, 4.69) is 9.50 Å². The molecule has 106 valence electrons. The van der Waals surface area contributed by atoms with E-state index in [1.807, 2.05) is 6.07 Å². The highest BCUT2D eigenvalue weighted by molar-refractivity contribution is 7.97. The van der Waals surface area contributed by atoms with Gasteiger partial charge in [0.25, 0.3) is 0 Å². The van der Waals surface area contributed by atoms with Gasteiger partial charge in [-0.05, 0) is 23.8 Å². The van der Waals surface area contributed by atoms with Gasteiger partial charge >= 0.3 is 0 Å². The Bertz CT molecular complexity index is 750. The number of nitrogens with zero attached hydrogens (tertiary/aromatic N) is 3. The van der Waals surface area contributed by atoms with Crippen LogP contribution in [0.4, 0.5) is 10.2 Å². The molecule has 0 saturated carbocycles. The summed E-state index contributed by atoms with van der Waals surface area (Å²) in [6.07, 6.45) is 1.99. The molecule has 2 heterocycles. The molecule has 1 N–H and O–H groups in total. The molecule has 21 heavy (non-hydrogen) atoms. The number of nitrogens with one attached hydrogen (secondary N) is 1. The summed E-state index contributed by atoms with van der Waals surface area (Å²) in [5.74, 6) is 0.267. The minimum Gasteiger partial charge on any atom is -0.299 e. The second-order valence-electron chi connectivity index (χ2n) is 4.66. The summed E-state index contributed by atoms with van der Waals surface area (Å²) in [6, 6.07) is 6.51. The monoisotopic (exact) mass is 302 g/mol. The van der Waals surface area contributed by atoms with Gasteiger partial charge in [0.1, 0.15) is 11.6 Å². The summed E-state index contributed by atoms with van der Waals surface area (Å²) >= 11 is 0.771. The number of hydrogen-bond donors (Lipinski definition) is 1. The van der Waals surface area contributed by atoms with Crippen LogP contribution in [0.2, 0.25) is 0 Å². The number of amides is 1. The molecule has 1 aromatic carbocycles. The Morgan fingerprint density at radius 1 is 1.38 bits per heavy atom. The summed E-state index contributed by atoms with van der Waals surface area (Å²) in [6.45, 7) is 0. The molecule has 1 aliphatic heterocycles. The van der Waals surface area contributed by atoms with E-state index >= 15 is 0 Å². The van der Waals surface area contributed by atoms with Gasteiger partial charge in [-0.3, -0.25) is 9.69 Å². The number of fused-ring (bicyclic) bond motifs is 1. The van der Waals surface area contributed by atoms with E-state index in [1.54, 1.807) is 25.4 Å². The van der Waals surface area contributed by atoms with Crippen LogP contribution in [0.3, 0.4) is 0 Å². The number of likely N-dealkylation sites (N-methyl/N-ethyl adjacent to an activating group) is 1. The van der Waals surface area contributed by atoms with Crippen LogP contribution < -0.4 is 4.90 Å². The number of carbonyl (C=O) groups is 1. The molecule has 0 aliphatic carbocycles. The zero-order valence-corrected chi connectivity index (χ0v) is 11.9. The largest absolute Gasteiger partial charge is 0.299 e. The predicted octanol–water partition coefficient (Wildman–Crippen LogP) is 3.44. The van der Waals surface area contributed by atoms with Crippen molar-refractivity contribution in [3.63, 3.8) is 0 Å². The van der Waals surface area contributed by atoms with Gasteiger partial charge in [-0.1, -0.05) is 6.07 Å². The molecule has 0 bridgehead atoms. The molecule has 3 rings (SSSR count). The summed E-state index contributed by atoms with van der Waals surface area (Å²) in [7, 11) is 1.70. The lowest BCUT2D eigenvalue weighted by atomic mass is 10.1. The number of aromatic nitrogens is 1. The van der Waals surface area contributed by atoms with Crippen molar-refractivity contribution >= 4 is 23.7 Å². The average Bonchev–Trinajstić information content (AvgIpc) is 2.76. The SMILES string of the molecule is CN1C(=O)Cc2cc(-c3ccc(F)c(SN=N)c3)cnc21. The first-order chi connectivity index (χ1) is 10.1. The Kier molecular flexibility index (Phi) is 3.42. The van der Waals surface area contributed by atoms with Crippen LogP contribution in [0.15, 0.2) is 39.9 Å². The van der Waals surface area contributed by atoms with Gasteiger partial charge < -0.3 is 0 Å². The molecule has 0 atom stereocenters. The van der Waals surface area contributed by atoms with E-state index in [0.29, 0.717) is 12.2 Å². The fraction of sp³-hybridized carbons (Fsp3) is 0.143. The number of anilines is 1. The summed E-state index contributed by atoms with van der Waals surface area (Å²) < 4.78 is 16.7. The molecular formula is C14H11FN4OS. The van der Waals surface area contributed by atoms with Crippen molar-refractivity contribution < 1.29 is 9.18 Å². The molecule has 0 spiro atoms. The van der Waals surface area contributed by atoms with E-state index in [0.717, 1.165) is 28.6 Å². The van der Waals surface area contributed by atoms with Crippen molar-refractivity contribution in [1.82, 2.24) is 4.98 Å². The van der Waals surface area contributed by atoms with E-state index in [4.69, 9.17) is 5.53 Å². The van der Waals surface area contributed by atoms with E-state index in [9.17, 15) is 9.18 Å². The molecule has 5 nitrogen and oxygen atoms in total. The first kappa shape index (κ1) is 13.7. The first-order valence-electron chi connectivity index (χ1n) is 6.19. The Morgan fingerprint density at radius 2 is 2.19 bits per heavy atom. The summed E-state index contributed by atoms with van der Waals surface area (Å²) in [5.41, 5.74) is 9.27. The van der Waals surface area contributed by atoms with E-state index < -0.39 is 5.82 Å². The van der Waals surface area contributed by atoms with Crippen molar-refractivity contribution in [2.45, 2.75) is 11.3 Å². The lowest BCUT2D eigenvalue weighted by Crippen LogP contribution is -2.21. The third-order valence-corrected chi connectivity index (χ3v) is 3.99. The van der Waals surface area contributed by atoms with Crippen LogP contribution in [0.25, 0.3) is 11.1 Å². The van der Waals surface area contributed by atoms with Gasteiger partial charge in [0.15, 0.2) is 0 Å². The number of pyridine rings is 1. The summed E-state index contributed by atoms with van der Waals surface area (Å²) in [5, 5.41) is 0. The quantitative estimate of drug-likeness (QED) is 0.697. The first-order valence-corrected chi connectivity index (χ1v) is 6.96. The van der Waals surface area contributed by atoms with Gasteiger partial charge in [-0.2, -0.15) is 5.53 Å². The molecule has 0 fully saturated rings. The zero-order chi connectivity index (χ0) is 15.0. The number of carbonyl (C=O) groups excluding carboxylic acids is 1. The maximum atomic E-state index is 13.6. The third kappa shape index (κ3) is 2.40. The standard InChI is InChI=1S/C14H11FN4OS/c1-19-13(20)6-9-4-10(7-17-14(9)19)8-2-3-11(15)12(5-8)21-18-16/h2-5,7,16H,6H2,1H3. The number of halogens is 1. The molecule has 7 heteroatoms. The normalized spacial score (nSPS) is 13.4. The number of benzene rings is 1. The van der Waals surface area contributed by atoms with E-state index in [1.165, 1.54) is 11.0 Å². The molecular weight excluding hydrogens is 291 g/mol. The fourth-order valence-electron chi connectivity index (χ4n) is 2.29. The van der Waals surface area contributed by atoms with Crippen molar-refractivity contribution in [2.75, 3.05) is 11.9 Å². The maximum absolute atomic E-state index is 13.6. The van der Waals surface area contributed by atoms with Gasteiger partial charge in [-0.15, -0.1) is 4.52 Å². The third-order valence-electron chi connectivity index (χ3n) is 3.38. The molecule has 0 saturated heterocycles. The minimum atomic E-state index is -0.413. The maximum Gasteiger partial charge on any atom is 0.232 e. The second-order valence-corrected chi connectivity index (χ2v) is 5.47. The number of hydrogen-bond acceptors (Lipinski definition) is 5. The minimum absolute atomic E-state index is 0.0120. The highest BCUT2D eigenvalue weighted by Crippen LogP contribution is 2.32. The van der Waals surface area contributed by atoms with Crippen molar-refractivity contribution in [2.24, 2.45) is 4.52 Å². The van der Waals surface area contributed by atoms with Gasteiger partial charge in [0, 0.05) is 36.3 Å². The second kappa shape index (κ2) is 5.25. The van der Waals surface area contributed by atoms with Crippen molar-refractivity contribution in [3.05, 3.63) is 41.8 Å². The van der Waals surface area contributed by atoms with Crippen molar-refractivity contribution in [3.8, 4) is 11.1 Å².